The molecule has 0 amide bonds. The van der Waals surface area contributed by atoms with Gasteiger partial charge in [-0.2, -0.15) is 0 Å². The highest BCUT2D eigenvalue weighted by Crippen LogP contribution is 2.37. The SMILES string of the molecule is c1ccc(-c2csc3ncnc(NC[C@@H](c4cccs4)N4CCOCC4)c23)cc1. The molecule has 1 aromatic carbocycles. The van der Waals surface area contributed by atoms with Crippen LogP contribution >= 0.6 is 22.7 Å². The van der Waals surface area contributed by atoms with Crippen molar-refractivity contribution in [2.24, 2.45) is 0 Å². The summed E-state index contributed by atoms with van der Waals surface area (Å²) in [4.78, 5) is 14.0. The largest absolute Gasteiger partial charge is 0.379 e. The number of nitrogens with one attached hydrogen (secondary N) is 1. The number of hydrogen-bond donors (Lipinski definition) is 1. The average molecular weight is 423 g/mol. The molecular formula is C22H22N4OS2. The Morgan fingerprint density at radius 2 is 1.90 bits per heavy atom. The summed E-state index contributed by atoms with van der Waals surface area (Å²) in [7, 11) is 0. The van der Waals surface area contributed by atoms with E-state index < -0.39 is 0 Å². The third-order valence-corrected chi connectivity index (χ3v) is 7.14. The molecule has 1 aliphatic rings. The van der Waals surface area contributed by atoms with Crippen molar-refractivity contribution in [2.45, 2.75) is 6.04 Å². The molecule has 0 saturated carbocycles. The van der Waals surface area contributed by atoms with Gasteiger partial charge in [-0.1, -0.05) is 36.4 Å². The van der Waals surface area contributed by atoms with Crippen LogP contribution in [0.4, 0.5) is 5.82 Å². The molecule has 0 spiro atoms. The van der Waals surface area contributed by atoms with Gasteiger partial charge in [-0.15, -0.1) is 22.7 Å². The number of anilines is 1. The molecule has 7 heteroatoms. The maximum atomic E-state index is 5.56. The van der Waals surface area contributed by atoms with E-state index in [0.717, 1.165) is 48.9 Å². The summed E-state index contributed by atoms with van der Waals surface area (Å²) in [5.41, 5.74) is 2.38. The maximum absolute atomic E-state index is 5.56. The summed E-state index contributed by atoms with van der Waals surface area (Å²) < 4.78 is 5.56. The van der Waals surface area contributed by atoms with Gasteiger partial charge in [0.25, 0.3) is 0 Å². The van der Waals surface area contributed by atoms with Crippen LogP contribution in [-0.4, -0.2) is 47.7 Å². The molecule has 3 aromatic heterocycles. The number of hydrogen-bond acceptors (Lipinski definition) is 7. The van der Waals surface area contributed by atoms with Crippen molar-refractivity contribution in [1.29, 1.82) is 0 Å². The van der Waals surface area contributed by atoms with Gasteiger partial charge in [0.1, 0.15) is 17.0 Å². The molecule has 1 atom stereocenters. The molecule has 0 bridgehead atoms. The average Bonchev–Trinajstić information content (AvgIpc) is 3.46. The Hall–Kier alpha value is -2.32. The number of thiophene rings is 2. The van der Waals surface area contributed by atoms with Crippen molar-refractivity contribution in [2.75, 3.05) is 38.2 Å². The Morgan fingerprint density at radius 3 is 2.69 bits per heavy atom. The van der Waals surface area contributed by atoms with Crippen molar-refractivity contribution in [3.05, 3.63) is 64.4 Å². The Kier molecular flexibility index (Phi) is 5.53. The van der Waals surface area contributed by atoms with E-state index in [1.807, 2.05) is 17.4 Å². The third-order valence-electron chi connectivity index (χ3n) is 5.28. The Balaban J connectivity index is 1.45. The van der Waals surface area contributed by atoms with Crippen molar-refractivity contribution in [3.8, 4) is 11.1 Å². The maximum Gasteiger partial charge on any atom is 0.138 e. The van der Waals surface area contributed by atoms with E-state index in [0.29, 0.717) is 6.04 Å². The second kappa shape index (κ2) is 8.59. The zero-order chi connectivity index (χ0) is 19.5. The van der Waals surface area contributed by atoms with Crippen LogP contribution in [0.15, 0.2) is 59.6 Å². The summed E-state index contributed by atoms with van der Waals surface area (Å²) in [6.07, 6.45) is 1.66. The summed E-state index contributed by atoms with van der Waals surface area (Å²) in [5, 5.41) is 9.09. The molecule has 29 heavy (non-hydrogen) atoms. The first-order valence-electron chi connectivity index (χ1n) is 9.77. The van der Waals surface area contributed by atoms with Crippen LogP contribution in [0.2, 0.25) is 0 Å². The molecule has 0 aliphatic carbocycles. The number of ether oxygens (including phenoxy) is 1. The minimum Gasteiger partial charge on any atom is -0.379 e. The van der Waals surface area contributed by atoms with E-state index >= 15 is 0 Å². The number of aromatic nitrogens is 2. The quantitative estimate of drug-likeness (QED) is 0.479. The predicted molar refractivity (Wildman–Crippen MR) is 121 cm³/mol. The van der Waals surface area contributed by atoms with E-state index in [1.54, 1.807) is 17.7 Å². The van der Waals surface area contributed by atoms with Gasteiger partial charge >= 0.3 is 0 Å². The van der Waals surface area contributed by atoms with E-state index in [2.05, 4.69) is 67.3 Å². The fourth-order valence-corrected chi connectivity index (χ4v) is 5.59. The van der Waals surface area contributed by atoms with Gasteiger partial charge in [0.15, 0.2) is 0 Å². The first-order valence-corrected chi connectivity index (χ1v) is 11.5. The van der Waals surface area contributed by atoms with Gasteiger partial charge in [-0.25, -0.2) is 9.97 Å². The fraction of sp³-hybridized carbons (Fsp3) is 0.273. The topological polar surface area (TPSA) is 50.3 Å². The predicted octanol–water partition coefficient (Wildman–Crippen LogP) is 4.91. The fourth-order valence-electron chi connectivity index (χ4n) is 3.81. The van der Waals surface area contributed by atoms with E-state index in [4.69, 9.17) is 4.74 Å². The number of benzene rings is 1. The Labute approximate surface area is 178 Å². The molecule has 1 aliphatic heterocycles. The zero-order valence-electron chi connectivity index (χ0n) is 16.0. The van der Waals surface area contributed by atoms with Crippen LogP contribution in [0, 0.1) is 0 Å². The van der Waals surface area contributed by atoms with Gasteiger partial charge in [-0.05, 0) is 17.0 Å². The molecular weight excluding hydrogens is 400 g/mol. The monoisotopic (exact) mass is 422 g/mol. The lowest BCUT2D eigenvalue weighted by Gasteiger charge is -2.34. The van der Waals surface area contributed by atoms with Gasteiger partial charge in [0.2, 0.25) is 0 Å². The number of rotatable bonds is 6. The smallest absolute Gasteiger partial charge is 0.138 e. The molecule has 0 unspecified atom stereocenters. The lowest BCUT2D eigenvalue weighted by molar-refractivity contribution is 0.0194. The molecule has 5 nitrogen and oxygen atoms in total. The van der Waals surface area contributed by atoms with Crippen LogP contribution in [0.25, 0.3) is 21.3 Å². The summed E-state index contributed by atoms with van der Waals surface area (Å²) in [5.74, 6) is 0.907. The second-order valence-electron chi connectivity index (χ2n) is 6.98. The molecule has 5 rings (SSSR count). The minimum atomic E-state index is 0.308. The highest BCUT2D eigenvalue weighted by atomic mass is 32.1. The highest BCUT2D eigenvalue weighted by Gasteiger charge is 2.24. The first kappa shape index (κ1) is 18.7. The van der Waals surface area contributed by atoms with E-state index in [-0.39, 0.29) is 0 Å². The summed E-state index contributed by atoms with van der Waals surface area (Å²) >= 11 is 3.48. The first-order chi connectivity index (χ1) is 14.4. The summed E-state index contributed by atoms with van der Waals surface area (Å²) in [6, 6.07) is 15.1. The third kappa shape index (κ3) is 3.91. The van der Waals surface area contributed by atoms with Crippen LogP contribution < -0.4 is 5.32 Å². The number of fused-ring (bicyclic) bond motifs is 1. The molecule has 1 N–H and O–H groups in total. The lowest BCUT2D eigenvalue weighted by atomic mass is 10.1. The molecule has 4 heterocycles. The highest BCUT2D eigenvalue weighted by molar-refractivity contribution is 7.17. The van der Waals surface area contributed by atoms with Gasteiger partial charge in [-0.3, -0.25) is 4.90 Å². The van der Waals surface area contributed by atoms with E-state index in [1.165, 1.54) is 16.0 Å². The molecule has 4 aromatic rings. The van der Waals surface area contributed by atoms with Crippen LogP contribution in [0.3, 0.4) is 0 Å². The van der Waals surface area contributed by atoms with Crippen LogP contribution in [0.5, 0.6) is 0 Å². The van der Waals surface area contributed by atoms with Crippen molar-refractivity contribution < 1.29 is 4.74 Å². The van der Waals surface area contributed by atoms with Crippen molar-refractivity contribution in [1.82, 2.24) is 14.9 Å². The number of morpholine rings is 1. The molecule has 148 valence electrons. The van der Waals surface area contributed by atoms with Crippen molar-refractivity contribution in [3.63, 3.8) is 0 Å². The van der Waals surface area contributed by atoms with Crippen LogP contribution in [-0.2, 0) is 4.74 Å². The normalized spacial score (nSPS) is 16.1. The lowest BCUT2D eigenvalue weighted by Crippen LogP contribution is -2.41. The zero-order valence-corrected chi connectivity index (χ0v) is 17.6. The van der Waals surface area contributed by atoms with Gasteiger partial charge in [0.05, 0.1) is 24.6 Å². The standard InChI is InChI=1S/C22H22N4OS2/c1-2-5-16(6-3-1)17-14-29-22-20(17)21(24-15-25-22)23-13-18(19-7-4-12-28-19)26-8-10-27-11-9-26/h1-7,12,14-15,18H,8-11,13H2,(H,23,24,25)/t18-/m0/s1. The van der Waals surface area contributed by atoms with Crippen LogP contribution in [0.1, 0.15) is 10.9 Å². The minimum absolute atomic E-state index is 0.308. The second-order valence-corrected chi connectivity index (χ2v) is 8.82. The molecule has 1 fully saturated rings. The number of nitrogens with zero attached hydrogens (tertiary/aromatic N) is 3. The molecule has 0 radical (unpaired) electrons. The van der Waals surface area contributed by atoms with Crippen molar-refractivity contribution >= 4 is 38.7 Å². The van der Waals surface area contributed by atoms with E-state index in [9.17, 15) is 0 Å². The Bertz CT molecular complexity index is 1060. The summed E-state index contributed by atoms with van der Waals surface area (Å²) in [6.45, 7) is 4.30. The Morgan fingerprint density at radius 1 is 1.03 bits per heavy atom. The van der Waals surface area contributed by atoms with Gasteiger partial charge in [0, 0.05) is 35.5 Å². The molecule has 1 saturated heterocycles. The van der Waals surface area contributed by atoms with Gasteiger partial charge < -0.3 is 10.1 Å².